The zero-order valence-electron chi connectivity index (χ0n) is 17.6. The van der Waals surface area contributed by atoms with E-state index in [0.29, 0.717) is 0 Å². The fraction of sp³-hybridized carbons (Fsp3) is 0.667. The molecule has 0 amide bonds. The van der Waals surface area contributed by atoms with E-state index >= 15 is 0 Å². The van der Waals surface area contributed by atoms with Crippen molar-refractivity contribution in [3.05, 3.63) is 27.9 Å². The number of halogens is 1. The molecule has 0 N–H and O–H groups in total. The summed E-state index contributed by atoms with van der Waals surface area (Å²) in [6, 6.07) is 2.26. The van der Waals surface area contributed by atoms with Gasteiger partial charge >= 0.3 is 0 Å². The van der Waals surface area contributed by atoms with Crippen LogP contribution in [0.15, 0.2) is 16.7 Å². The highest BCUT2D eigenvalue weighted by Gasteiger charge is 2.37. The minimum absolute atomic E-state index is 0.0651. The van der Waals surface area contributed by atoms with Gasteiger partial charge in [0.05, 0.1) is 11.7 Å². The topological polar surface area (TPSA) is 36.3 Å². The van der Waals surface area contributed by atoms with Crippen molar-refractivity contribution in [1.82, 2.24) is 9.78 Å². The first-order valence-electron chi connectivity index (χ1n) is 10.0. The van der Waals surface area contributed by atoms with Gasteiger partial charge in [-0.25, -0.2) is 4.68 Å². The lowest BCUT2D eigenvalue weighted by Gasteiger charge is -2.36. The maximum atomic E-state index is 6.40. The average molecular weight is 453 g/mol. The van der Waals surface area contributed by atoms with Crippen molar-refractivity contribution in [3.63, 3.8) is 0 Å². The molecule has 0 spiro atoms. The van der Waals surface area contributed by atoms with Crippen LogP contribution in [0, 0.1) is 6.92 Å². The Morgan fingerprint density at radius 2 is 2.07 bits per heavy atom. The largest absolute Gasteiger partial charge is 0.416 e. The molecule has 6 heteroatoms. The fourth-order valence-corrected chi connectivity index (χ4v) is 5.25. The maximum absolute atomic E-state index is 6.40. The van der Waals surface area contributed by atoms with E-state index in [4.69, 9.17) is 9.16 Å². The summed E-state index contributed by atoms with van der Waals surface area (Å²) in [5, 5.41) is 6.06. The Kier molecular flexibility index (Phi) is 6.21. The average Bonchev–Trinajstić information content (AvgIpc) is 3.01. The van der Waals surface area contributed by atoms with E-state index in [2.05, 4.69) is 72.6 Å². The van der Waals surface area contributed by atoms with Crippen LogP contribution < -0.4 is 0 Å². The highest BCUT2D eigenvalue weighted by atomic mass is 79.9. The van der Waals surface area contributed by atoms with Crippen molar-refractivity contribution in [3.8, 4) is 0 Å². The number of aryl methyl sites for hydroxylation is 1. The van der Waals surface area contributed by atoms with Crippen LogP contribution >= 0.6 is 15.9 Å². The number of hydrogen-bond acceptors (Lipinski definition) is 3. The van der Waals surface area contributed by atoms with Crippen LogP contribution in [0.25, 0.3) is 10.9 Å². The molecule has 3 rings (SSSR count). The quantitative estimate of drug-likeness (QED) is 0.494. The van der Waals surface area contributed by atoms with Gasteiger partial charge in [-0.15, -0.1) is 0 Å². The molecular weight excluding hydrogens is 420 g/mol. The summed E-state index contributed by atoms with van der Waals surface area (Å²) in [5.41, 5.74) is 3.76. The van der Waals surface area contributed by atoms with Crippen molar-refractivity contribution >= 4 is 35.2 Å². The lowest BCUT2D eigenvalue weighted by Crippen LogP contribution is -2.41. The molecule has 0 aliphatic carbocycles. The van der Waals surface area contributed by atoms with Crippen LogP contribution in [0.2, 0.25) is 18.1 Å². The molecule has 2 aromatic rings. The molecule has 0 saturated carbocycles. The van der Waals surface area contributed by atoms with E-state index < -0.39 is 8.32 Å². The Labute approximate surface area is 172 Å². The smallest absolute Gasteiger partial charge is 0.191 e. The third-order valence-electron chi connectivity index (χ3n) is 6.21. The standard InChI is InChI=1S/C21H33BrN2O2Si/c1-15-13-18-17(14-23-24(18)19-9-7-8-11-25-19)20(22)16(15)10-12-26-27(5,6)21(2,3)4/h13-14,19H,7-12H2,1-6H3. The first-order chi connectivity index (χ1) is 12.6. The van der Waals surface area contributed by atoms with Crippen LogP contribution in [-0.4, -0.2) is 31.3 Å². The van der Waals surface area contributed by atoms with E-state index in [1.807, 2.05) is 6.20 Å². The van der Waals surface area contributed by atoms with Gasteiger partial charge in [0.15, 0.2) is 14.5 Å². The van der Waals surface area contributed by atoms with Gasteiger partial charge in [0.2, 0.25) is 0 Å². The molecule has 1 atom stereocenters. The van der Waals surface area contributed by atoms with Crippen LogP contribution in [0.4, 0.5) is 0 Å². The van der Waals surface area contributed by atoms with E-state index in [1.54, 1.807) is 0 Å². The minimum Gasteiger partial charge on any atom is -0.416 e. The highest BCUT2D eigenvalue weighted by molar-refractivity contribution is 9.10. The Hall–Kier alpha value is -0.693. The monoisotopic (exact) mass is 452 g/mol. The van der Waals surface area contributed by atoms with Gasteiger partial charge in [0.1, 0.15) is 0 Å². The van der Waals surface area contributed by atoms with Gasteiger partial charge in [0, 0.05) is 23.1 Å². The zero-order chi connectivity index (χ0) is 19.8. The predicted molar refractivity (Wildman–Crippen MR) is 118 cm³/mol. The summed E-state index contributed by atoms with van der Waals surface area (Å²) in [5.74, 6) is 0. The molecule has 1 aromatic carbocycles. The number of aromatic nitrogens is 2. The summed E-state index contributed by atoms with van der Waals surface area (Å²) in [7, 11) is -1.71. The fourth-order valence-electron chi connectivity index (χ4n) is 3.39. The molecule has 4 nitrogen and oxygen atoms in total. The lowest BCUT2D eigenvalue weighted by molar-refractivity contribution is -0.0366. The van der Waals surface area contributed by atoms with Crippen LogP contribution in [0.1, 0.15) is 57.4 Å². The van der Waals surface area contributed by atoms with Crippen molar-refractivity contribution in [1.29, 1.82) is 0 Å². The normalized spacial score (nSPS) is 19.0. The van der Waals surface area contributed by atoms with E-state index in [9.17, 15) is 0 Å². The van der Waals surface area contributed by atoms with Gasteiger partial charge in [-0.1, -0.05) is 20.8 Å². The van der Waals surface area contributed by atoms with Gasteiger partial charge < -0.3 is 9.16 Å². The van der Waals surface area contributed by atoms with Gasteiger partial charge in [0.25, 0.3) is 0 Å². The molecule has 1 aromatic heterocycles. The molecule has 1 aliphatic rings. The Bertz CT molecular complexity index is 805. The molecule has 150 valence electrons. The molecule has 1 aliphatic heterocycles. The SMILES string of the molecule is Cc1cc2c(cnn2C2CCCCO2)c(Br)c1CCO[Si](C)(C)C(C)(C)C. The summed E-state index contributed by atoms with van der Waals surface area (Å²) in [6.45, 7) is 15.3. The van der Waals surface area contributed by atoms with Crippen molar-refractivity contribution < 1.29 is 9.16 Å². The van der Waals surface area contributed by atoms with Crippen molar-refractivity contribution in [2.75, 3.05) is 13.2 Å². The predicted octanol–water partition coefficient (Wildman–Crippen LogP) is 6.37. The molecular formula is C21H33BrN2O2Si. The number of benzene rings is 1. The summed E-state index contributed by atoms with van der Waals surface area (Å²) >= 11 is 3.85. The van der Waals surface area contributed by atoms with Crippen LogP contribution in [-0.2, 0) is 15.6 Å². The van der Waals surface area contributed by atoms with Crippen LogP contribution in [0.5, 0.6) is 0 Å². The van der Waals surface area contributed by atoms with Gasteiger partial charge in [-0.05, 0) is 83.9 Å². The van der Waals surface area contributed by atoms with E-state index in [0.717, 1.165) is 47.9 Å². The summed E-state index contributed by atoms with van der Waals surface area (Å²) < 4.78 is 15.6. The van der Waals surface area contributed by atoms with Crippen molar-refractivity contribution in [2.24, 2.45) is 0 Å². The summed E-state index contributed by atoms with van der Waals surface area (Å²) in [4.78, 5) is 0. The molecule has 1 fully saturated rings. The second-order valence-corrected chi connectivity index (χ2v) is 14.8. The lowest BCUT2D eigenvalue weighted by atomic mass is 10.0. The van der Waals surface area contributed by atoms with Gasteiger partial charge in [-0.3, -0.25) is 0 Å². The number of hydrogen-bond donors (Lipinski definition) is 0. The Morgan fingerprint density at radius 3 is 2.70 bits per heavy atom. The van der Waals surface area contributed by atoms with E-state index in [1.165, 1.54) is 17.5 Å². The van der Waals surface area contributed by atoms with Crippen molar-refractivity contribution in [2.45, 2.75) is 77.7 Å². The Morgan fingerprint density at radius 1 is 1.33 bits per heavy atom. The van der Waals surface area contributed by atoms with Gasteiger partial charge in [-0.2, -0.15) is 5.10 Å². The first kappa shape index (κ1) is 21.0. The molecule has 27 heavy (non-hydrogen) atoms. The van der Waals surface area contributed by atoms with Crippen LogP contribution in [0.3, 0.4) is 0 Å². The third kappa shape index (κ3) is 4.34. The Balaban J connectivity index is 1.81. The molecule has 1 saturated heterocycles. The first-order valence-corrected chi connectivity index (χ1v) is 13.7. The highest BCUT2D eigenvalue weighted by Crippen LogP contribution is 2.37. The molecule has 0 radical (unpaired) electrons. The zero-order valence-corrected chi connectivity index (χ0v) is 20.1. The molecule has 1 unspecified atom stereocenters. The number of ether oxygens (including phenoxy) is 1. The second-order valence-electron chi connectivity index (χ2n) is 9.19. The second kappa shape index (κ2) is 7.97. The third-order valence-corrected chi connectivity index (χ3v) is 11.7. The number of rotatable bonds is 5. The number of fused-ring (bicyclic) bond motifs is 1. The van der Waals surface area contributed by atoms with E-state index in [-0.39, 0.29) is 11.3 Å². The summed E-state index contributed by atoms with van der Waals surface area (Å²) in [6.07, 6.45) is 6.34. The minimum atomic E-state index is -1.71. The number of nitrogens with zero attached hydrogens (tertiary/aromatic N) is 2. The molecule has 0 bridgehead atoms. The maximum Gasteiger partial charge on any atom is 0.191 e. The molecule has 2 heterocycles.